The number of nitro groups is 1. The van der Waals surface area contributed by atoms with E-state index in [2.05, 4.69) is 10.5 Å². The number of hydrogen-bond donors (Lipinski definition) is 1. The summed E-state index contributed by atoms with van der Waals surface area (Å²) < 4.78 is 24.9. The second-order valence-corrected chi connectivity index (χ2v) is 8.75. The van der Waals surface area contributed by atoms with Crippen molar-refractivity contribution in [1.82, 2.24) is 5.43 Å². The third-order valence-corrected chi connectivity index (χ3v) is 5.69. The molecule has 9 nitrogen and oxygen atoms in total. The van der Waals surface area contributed by atoms with Gasteiger partial charge in [-0.3, -0.25) is 19.2 Å². The van der Waals surface area contributed by atoms with Gasteiger partial charge in [-0.05, 0) is 24.3 Å². The molecule has 1 amide bonds. The first kappa shape index (κ1) is 22.9. The molecule has 0 radical (unpaired) electrons. The number of carbonyl (C=O) groups is 1. The van der Waals surface area contributed by atoms with Crippen LogP contribution < -0.4 is 9.73 Å². The van der Waals surface area contributed by atoms with Crippen molar-refractivity contribution in [3.05, 3.63) is 67.1 Å². The molecule has 0 aliphatic heterocycles. The Morgan fingerprint density at radius 3 is 2.41 bits per heavy atom. The van der Waals surface area contributed by atoms with Gasteiger partial charge in [0.25, 0.3) is 11.6 Å². The fourth-order valence-electron chi connectivity index (χ4n) is 2.12. The number of non-ortho nitro benzene ring substituents is 1. The molecular formula is C16H13Cl3N4O5S. The largest absolute Gasteiger partial charge is 0.271 e. The van der Waals surface area contributed by atoms with Crippen molar-refractivity contribution in [2.75, 3.05) is 17.1 Å². The van der Waals surface area contributed by atoms with E-state index in [-0.39, 0.29) is 32.0 Å². The summed E-state index contributed by atoms with van der Waals surface area (Å²) in [7, 11) is -3.82. The van der Waals surface area contributed by atoms with Crippen molar-refractivity contribution < 1.29 is 18.1 Å². The molecule has 0 aliphatic rings. The molecule has 0 atom stereocenters. The van der Waals surface area contributed by atoms with Crippen molar-refractivity contribution >= 4 is 68.3 Å². The molecule has 2 aromatic rings. The molecule has 0 fully saturated rings. The highest BCUT2D eigenvalue weighted by Gasteiger charge is 2.21. The smallest absolute Gasteiger partial charge is 0.270 e. The highest BCUT2D eigenvalue weighted by atomic mass is 35.5. The van der Waals surface area contributed by atoms with Gasteiger partial charge in [-0.1, -0.05) is 34.8 Å². The van der Waals surface area contributed by atoms with Crippen LogP contribution in [0.3, 0.4) is 0 Å². The Kier molecular flexibility index (Phi) is 7.42. The maximum Gasteiger partial charge on any atom is 0.270 e. The summed E-state index contributed by atoms with van der Waals surface area (Å²) in [6.45, 7) is -0.587. The van der Waals surface area contributed by atoms with E-state index in [0.717, 1.165) is 16.8 Å². The van der Waals surface area contributed by atoms with Gasteiger partial charge in [-0.2, -0.15) is 5.10 Å². The number of hydrogen-bond acceptors (Lipinski definition) is 6. The van der Waals surface area contributed by atoms with E-state index in [1.165, 1.54) is 36.4 Å². The van der Waals surface area contributed by atoms with Gasteiger partial charge in [0.2, 0.25) is 10.0 Å². The van der Waals surface area contributed by atoms with Crippen LogP contribution in [-0.4, -0.2) is 38.3 Å². The fraction of sp³-hybridized carbons (Fsp3) is 0.125. The zero-order valence-electron chi connectivity index (χ0n) is 14.7. The summed E-state index contributed by atoms with van der Waals surface area (Å²) in [5.41, 5.74) is 2.28. The van der Waals surface area contributed by atoms with Crippen LogP contribution in [0.1, 0.15) is 5.56 Å². The molecule has 1 N–H and O–H groups in total. The lowest BCUT2D eigenvalue weighted by molar-refractivity contribution is -0.384. The average molecular weight is 480 g/mol. The zero-order chi connectivity index (χ0) is 21.8. The number of amides is 1. The van der Waals surface area contributed by atoms with Crippen molar-refractivity contribution in [1.29, 1.82) is 0 Å². The third-order valence-electron chi connectivity index (χ3n) is 3.46. The SMILES string of the molecule is CS(=O)(=O)N(CC(=O)N/N=C\c1cc([N+](=O)[O-])ccc1Cl)c1ccc(Cl)c(Cl)c1. The second kappa shape index (κ2) is 9.40. The number of benzene rings is 2. The molecular weight excluding hydrogens is 467 g/mol. The van der Waals surface area contributed by atoms with Gasteiger partial charge in [0, 0.05) is 22.7 Å². The van der Waals surface area contributed by atoms with E-state index in [9.17, 15) is 23.3 Å². The van der Waals surface area contributed by atoms with E-state index in [1.54, 1.807) is 0 Å². The number of halogens is 3. The summed E-state index contributed by atoms with van der Waals surface area (Å²) in [4.78, 5) is 22.4. The molecule has 29 heavy (non-hydrogen) atoms. The van der Waals surface area contributed by atoms with Gasteiger partial charge in [0.15, 0.2) is 0 Å². The van der Waals surface area contributed by atoms with Gasteiger partial charge in [-0.25, -0.2) is 13.8 Å². The second-order valence-electron chi connectivity index (χ2n) is 5.62. The first-order chi connectivity index (χ1) is 13.5. The summed E-state index contributed by atoms with van der Waals surface area (Å²) in [5.74, 6) is -0.765. The summed E-state index contributed by atoms with van der Waals surface area (Å²) in [6.07, 6.45) is 2.03. The van der Waals surface area contributed by atoms with Gasteiger partial charge in [0.1, 0.15) is 6.54 Å². The summed E-state index contributed by atoms with van der Waals surface area (Å²) in [6, 6.07) is 7.82. The lowest BCUT2D eigenvalue weighted by Gasteiger charge is -2.21. The molecule has 13 heteroatoms. The van der Waals surface area contributed by atoms with Crippen LogP contribution in [0.4, 0.5) is 11.4 Å². The standard InChI is InChI=1S/C16H13Cl3N4O5S/c1-29(27,28)22(11-2-5-14(18)15(19)7-11)9-16(24)21-20-8-10-6-12(23(25)26)3-4-13(10)17/h2-8H,9H2,1H3,(H,21,24)/b20-8-. The Bertz CT molecular complexity index is 1090. The topological polar surface area (TPSA) is 122 Å². The number of rotatable bonds is 7. The minimum atomic E-state index is -3.82. The quantitative estimate of drug-likeness (QED) is 0.370. The van der Waals surface area contributed by atoms with E-state index in [4.69, 9.17) is 34.8 Å². The minimum absolute atomic E-state index is 0.122. The van der Waals surface area contributed by atoms with Crippen molar-refractivity contribution in [3.8, 4) is 0 Å². The fourth-order valence-corrected chi connectivity index (χ4v) is 3.43. The maximum absolute atomic E-state index is 12.1. The van der Waals surface area contributed by atoms with Crippen LogP contribution in [-0.2, 0) is 14.8 Å². The zero-order valence-corrected chi connectivity index (χ0v) is 17.8. The van der Waals surface area contributed by atoms with Gasteiger partial charge in [0.05, 0.1) is 33.1 Å². The molecule has 154 valence electrons. The van der Waals surface area contributed by atoms with Crippen LogP contribution in [0.2, 0.25) is 15.1 Å². The molecule has 0 aliphatic carbocycles. The van der Waals surface area contributed by atoms with Gasteiger partial charge in [-0.15, -0.1) is 0 Å². The average Bonchev–Trinajstić information content (AvgIpc) is 2.62. The molecule has 0 saturated heterocycles. The molecule has 0 saturated carbocycles. The predicted molar refractivity (Wildman–Crippen MR) is 112 cm³/mol. The first-order valence-electron chi connectivity index (χ1n) is 7.67. The Hall–Kier alpha value is -2.40. The third kappa shape index (κ3) is 6.29. The van der Waals surface area contributed by atoms with Crippen LogP contribution in [0.5, 0.6) is 0 Å². The predicted octanol–water partition coefficient (Wildman–Crippen LogP) is 3.47. The summed E-state index contributed by atoms with van der Waals surface area (Å²) >= 11 is 17.7. The van der Waals surface area contributed by atoms with Crippen molar-refractivity contribution in [2.45, 2.75) is 0 Å². The first-order valence-corrected chi connectivity index (χ1v) is 10.7. The van der Waals surface area contributed by atoms with Gasteiger partial charge < -0.3 is 0 Å². The van der Waals surface area contributed by atoms with Gasteiger partial charge >= 0.3 is 0 Å². The van der Waals surface area contributed by atoms with Crippen LogP contribution in [0, 0.1) is 10.1 Å². The van der Waals surface area contributed by atoms with Crippen LogP contribution in [0.15, 0.2) is 41.5 Å². The molecule has 0 unspecified atom stereocenters. The number of nitrogens with zero attached hydrogens (tertiary/aromatic N) is 3. The normalized spacial score (nSPS) is 11.4. The van der Waals surface area contributed by atoms with Crippen molar-refractivity contribution in [3.63, 3.8) is 0 Å². The van der Waals surface area contributed by atoms with E-state index in [1.807, 2.05) is 0 Å². The lowest BCUT2D eigenvalue weighted by atomic mass is 10.2. The Morgan fingerprint density at radius 2 is 1.83 bits per heavy atom. The highest BCUT2D eigenvalue weighted by Crippen LogP contribution is 2.28. The van der Waals surface area contributed by atoms with E-state index in [0.29, 0.717) is 0 Å². The number of sulfonamides is 1. The number of hydrazone groups is 1. The molecule has 0 aromatic heterocycles. The minimum Gasteiger partial charge on any atom is -0.271 e. The van der Waals surface area contributed by atoms with Crippen LogP contribution in [0.25, 0.3) is 0 Å². The Morgan fingerprint density at radius 1 is 1.17 bits per heavy atom. The van der Waals surface area contributed by atoms with E-state index >= 15 is 0 Å². The Balaban J connectivity index is 2.15. The highest BCUT2D eigenvalue weighted by molar-refractivity contribution is 7.92. The van der Waals surface area contributed by atoms with E-state index < -0.39 is 27.4 Å². The molecule has 0 bridgehead atoms. The molecule has 2 rings (SSSR count). The number of anilines is 1. The molecule has 0 spiro atoms. The monoisotopic (exact) mass is 478 g/mol. The lowest BCUT2D eigenvalue weighted by Crippen LogP contribution is -2.39. The number of nitrogens with one attached hydrogen (secondary N) is 1. The van der Waals surface area contributed by atoms with Crippen LogP contribution >= 0.6 is 34.8 Å². The molecule has 2 aromatic carbocycles. The van der Waals surface area contributed by atoms with Crippen molar-refractivity contribution in [2.24, 2.45) is 5.10 Å². The Labute approximate surface area is 181 Å². The number of nitro benzene ring substituents is 1. The maximum atomic E-state index is 12.1. The number of carbonyl (C=O) groups excluding carboxylic acids is 1. The molecule has 0 heterocycles. The summed E-state index contributed by atoms with van der Waals surface area (Å²) in [5, 5.41) is 15.0.